The third-order valence-corrected chi connectivity index (χ3v) is 5.57. The summed E-state index contributed by atoms with van der Waals surface area (Å²) in [6.07, 6.45) is 1.18. The van der Waals surface area contributed by atoms with E-state index in [1.54, 1.807) is 27.7 Å². The van der Waals surface area contributed by atoms with Crippen LogP contribution in [0.2, 0.25) is 0 Å². The molecule has 0 aliphatic heterocycles. The molecule has 0 aliphatic carbocycles. The molecule has 2 atom stereocenters. The molecular formula is C10H18O6P2+2. The van der Waals surface area contributed by atoms with Crippen molar-refractivity contribution < 1.29 is 28.1 Å². The first-order valence-electron chi connectivity index (χ1n) is 5.42. The maximum Gasteiger partial charge on any atom is 0.587 e. The fourth-order valence-electron chi connectivity index (χ4n) is 1.22. The Hall–Kier alpha value is -0.670. The van der Waals surface area contributed by atoms with Gasteiger partial charge in [-0.2, -0.15) is 0 Å². The van der Waals surface area contributed by atoms with E-state index in [9.17, 15) is 19.0 Å². The van der Waals surface area contributed by atoms with Gasteiger partial charge in [-0.25, -0.2) is 4.79 Å². The molecule has 2 unspecified atom stereocenters. The van der Waals surface area contributed by atoms with Gasteiger partial charge in [-0.3, -0.25) is 0 Å². The number of hydrogen-bond acceptors (Lipinski definition) is 5. The lowest BCUT2D eigenvalue weighted by molar-refractivity contribution is -0.136. The average Bonchev–Trinajstić information content (AvgIpc) is 2.25. The van der Waals surface area contributed by atoms with Crippen LogP contribution in [0.4, 0.5) is 0 Å². The monoisotopic (exact) mass is 296 g/mol. The molecule has 0 spiro atoms. The molecule has 0 heterocycles. The lowest BCUT2D eigenvalue weighted by Crippen LogP contribution is -2.30. The van der Waals surface area contributed by atoms with Crippen molar-refractivity contribution in [2.24, 2.45) is 0 Å². The molecular weight excluding hydrogens is 278 g/mol. The highest BCUT2D eigenvalue weighted by Crippen LogP contribution is 2.58. The van der Waals surface area contributed by atoms with E-state index in [2.05, 4.69) is 0 Å². The van der Waals surface area contributed by atoms with Gasteiger partial charge in [0.15, 0.2) is 0 Å². The number of rotatable bonds is 8. The number of aliphatic carboxylic acids is 1. The van der Waals surface area contributed by atoms with Gasteiger partial charge in [0.05, 0.1) is 13.2 Å². The van der Waals surface area contributed by atoms with Crippen molar-refractivity contribution in [2.45, 2.75) is 32.6 Å². The van der Waals surface area contributed by atoms with Crippen molar-refractivity contribution in [3.05, 3.63) is 11.6 Å². The zero-order valence-corrected chi connectivity index (χ0v) is 12.7. The van der Waals surface area contributed by atoms with Crippen LogP contribution in [-0.2, 0) is 23.0 Å². The summed E-state index contributed by atoms with van der Waals surface area (Å²) in [5.74, 6) is -1.48. The maximum atomic E-state index is 12.0. The van der Waals surface area contributed by atoms with E-state index in [0.717, 1.165) is 0 Å². The first-order chi connectivity index (χ1) is 8.32. The van der Waals surface area contributed by atoms with Gasteiger partial charge in [-0.05, 0) is 36.8 Å². The highest BCUT2D eigenvalue weighted by atomic mass is 31.2. The van der Waals surface area contributed by atoms with Gasteiger partial charge in [-0.15, -0.1) is 9.05 Å². The van der Waals surface area contributed by atoms with E-state index in [0.29, 0.717) is 5.57 Å². The average molecular weight is 296 g/mol. The van der Waals surface area contributed by atoms with Gasteiger partial charge >= 0.3 is 26.9 Å². The lowest BCUT2D eigenvalue weighted by Gasteiger charge is -2.03. The normalized spacial score (nSPS) is 15.6. The Kier molecular flexibility index (Phi) is 7.41. The van der Waals surface area contributed by atoms with Gasteiger partial charge in [-0.1, -0.05) is 5.57 Å². The van der Waals surface area contributed by atoms with Crippen LogP contribution in [0.3, 0.4) is 0 Å². The topological polar surface area (TPSA) is 89.9 Å². The SMILES string of the molecule is CCO[P+](=O)C(C=C(C)C)(C(=O)O)[P+](=O)OCC. The fourth-order valence-corrected chi connectivity index (χ4v) is 4.01. The minimum Gasteiger partial charge on any atom is -0.474 e. The molecule has 0 rings (SSSR count). The number of allylic oxidation sites excluding steroid dienone is 1. The van der Waals surface area contributed by atoms with E-state index in [1.807, 2.05) is 0 Å². The summed E-state index contributed by atoms with van der Waals surface area (Å²) in [6, 6.07) is 0. The van der Waals surface area contributed by atoms with Gasteiger partial charge in [0, 0.05) is 6.08 Å². The molecule has 0 saturated carbocycles. The maximum absolute atomic E-state index is 12.0. The minimum atomic E-state index is -2.69. The summed E-state index contributed by atoms with van der Waals surface area (Å²) in [4.78, 5) is 9.29. The summed E-state index contributed by atoms with van der Waals surface area (Å²) < 4.78 is 33.7. The third kappa shape index (κ3) is 3.92. The quantitative estimate of drug-likeness (QED) is 0.546. The number of carbonyl (C=O) groups is 1. The van der Waals surface area contributed by atoms with E-state index in [-0.39, 0.29) is 13.2 Å². The standard InChI is InChI=1S/C10H17O6P2/c1-5-15-17(13)10(9(11)12,7-8(3)4)18(14)16-6-2/h7H,5-6H2,1-4H3/q+1/p+1. The van der Waals surface area contributed by atoms with E-state index in [1.165, 1.54) is 6.08 Å². The molecule has 0 amide bonds. The van der Waals surface area contributed by atoms with E-state index < -0.39 is 26.9 Å². The highest BCUT2D eigenvalue weighted by molar-refractivity contribution is 7.63. The van der Waals surface area contributed by atoms with Crippen LogP contribution in [0.5, 0.6) is 0 Å². The van der Waals surface area contributed by atoms with Crippen LogP contribution in [0.25, 0.3) is 0 Å². The second-order valence-corrected chi connectivity index (χ2v) is 6.91. The van der Waals surface area contributed by atoms with Crippen molar-refractivity contribution in [1.29, 1.82) is 0 Å². The molecule has 8 heteroatoms. The molecule has 0 aromatic carbocycles. The molecule has 0 aromatic rings. The van der Waals surface area contributed by atoms with Crippen LogP contribution in [0.1, 0.15) is 27.7 Å². The first-order valence-corrected chi connectivity index (χ1v) is 7.78. The highest BCUT2D eigenvalue weighted by Gasteiger charge is 2.75. The molecule has 102 valence electrons. The van der Waals surface area contributed by atoms with Gasteiger partial charge in [0.1, 0.15) is 0 Å². The molecule has 0 fully saturated rings. The second-order valence-electron chi connectivity index (χ2n) is 3.60. The summed E-state index contributed by atoms with van der Waals surface area (Å²) in [5, 5.41) is 9.29. The minimum absolute atomic E-state index is 0.0656. The summed E-state index contributed by atoms with van der Waals surface area (Å²) in [6.45, 7) is 6.54. The molecule has 18 heavy (non-hydrogen) atoms. The Morgan fingerprint density at radius 1 is 1.17 bits per heavy atom. The van der Waals surface area contributed by atoms with Crippen molar-refractivity contribution in [3.8, 4) is 0 Å². The molecule has 0 bridgehead atoms. The molecule has 0 aliphatic rings. The van der Waals surface area contributed by atoms with Gasteiger partial charge in [0.25, 0.3) is 0 Å². The van der Waals surface area contributed by atoms with Crippen LogP contribution >= 0.6 is 16.1 Å². The summed E-state index contributed by atoms with van der Waals surface area (Å²) >= 11 is 0. The summed E-state index contributed by atoms with van der Waals surface area (Å²) in [5.41, 5.74) is 0.573. The lowest BCUT2D eigenvalue weighted by atomic mass is 10.2. The molecule has 6 nitrogen and oxygen atoms in total. The van der Waals surface area contributed by atoms with Crippen LogP contribution in [0, 0.1) is 0 Å². The Balaban J connectivity index is 5.73. The van der Waals surface area contributed by atoms with Crippen molar-refractivity contribution in [1.82, 2.24) is 0 Å². The van der Waals surface area contributed by atoms with Gasteiger partial charge < -0.3 is 5.11 Å². The summed E-state index contributed by atoms with van der Waals surface area (Å²) in [7, 11) is -5.37. The Morgan fingerprint density at radius 2 is 1.56 bits per heavy atom. The van der Waals surface area contributed by atoms with Crippen LogP contribution in [0.15, 0.2) is 11.6 Å². The Labute approximate surface area is 108 Å². The Bertz CT molecular complexity index is 355. The smallest absolute Gasteiger partial charge is 0.474 e. The van der Waals surface area contributed by atoms with E-state index >= 15 is 0 Å². The molecule has 0 aromatic heterocycles. The third-order valence-electron chi connectivity index (χ3n) is 1.85. The van der Waals surface area contributed by atoms with Crippen LogP contribution in [-0.4, -0.2) is 29.2 Å². The van der Waals surface area contributed by atoms with Crippen molar-refractivity contribution in [2.75, 3.05) is 13.2 Å². The second kappa shape index (κ2) is 7.70. The largest absolute Gasteiger partial charge is 0.587 e. The predicted octanol–water partition coefficient (Wildman–Crippen LogP) is 3.29. The van der Waals surface area contributed by atoms with Crippen molar-refractivity contribution in [3.63, 3.8) is 0 Å². The van der Waals surface area contributed by atoms with E-state index in [4.69, 9.17) is 9.05 Å². The van der Waals surface area contributed by atoms with Crippen molar-refractivity contribution >= 4 is 22.0 Å². The van der Waals surface area contributed by atoms with Gasteiger partial charge in [0.2, 0.25) is 0 Å². The predicted molar refractivity (Wildman–Crippen MR) is 68.3 cm³/mol. The number of hydrogen-bond donors (Lipinski definition) is 1. The zero-order chi connectivity index (χ0) is 14.3. The number of carboxylic acid groups (broad SMARTS) is 1. The van der Waals surface area contributed by atoms with Crippen LogP contribution < -0.4 is 0 Å². The number of carboxylic acids is 1. The Morgan fingerprint density at radius 3 is 1.78 bits per heavy atom. The molecule has 0 saturated heterocycles. The molecule has 0 radical (unpaired) electrons. The zero-order valence-electron chi connectivity index (χ0n) is 10.9. The molecule has 1 N–H and O–H groups in total. The first kappa shape index (κ1) is 17.3. The fraction of sp³-hybridized carbons (Fsp3) is 0.700.